The summed E-state index contributed by atoms with van der Waals surface area (Å²) in [7, 11) is -4.40. The minimum atomic E-state index is -2.83. The van der Waals surface area contributed by atoms with Gasteiger partial charge in [0.2, 0.25) is 0 Å². The first-order chi connectivity index (χ1) is 13.4. The molecule has 2 aliphatic rings. The van der Waals surface area contributed by atoms with Crippen molar-refractivity contribution < 1.29 is 21.6 Å². The molecule has 0 heterocycles. The van der Waals surface area contributed by atoms with Gasteiger partial charge in [-0.1, -0.05) is 80.3 Å². The van der Waals surface area contributed by atoms with Crippen molar-refractivity contribution in [2.24, 2.45) is 0 Å². The Bertz CT molecular complexity index is 717. The summed E-state index contributed by atoms with van der Waals surface area (Å²) in [6.45, 7) is 6.94. The maximum atomic E-state index is 14.4. The molecule has 0 amide bonds. The normalized spacial score (nSPS) is 18.0. The number of hydrogen-bond donors (Lipinski definition) is 0. The summed E-state index contributed by atoms with van der Waals surface area (Å²) in [5.74, 6) is 0. The molecule has 2 aromatic rings. The van der Waals surface area contributed by atoms with Crippen LogP contribution < -0.4 is 10.6 Å². The summed E-state index contributed by atoms with van der Waals surface area (Å²) >= 11 is 0. The van der Waals surface area contributed by atoms with Crippen LogP contribution >= 0.6 is 7.14 Å². The first-order valence-corrected chi connectivity index (χ1v) is 14.8. The van der Waals surface area contributed by atoms with Crippen LogP contribution in [0.15, 0.2) is 60.7 Å². The number of hydrogen-bond acceptors (Lipinski definition) is 1. The predicted octanol–water partition coefficient (Wildman–Crippen LogP) is 5.63. The van der Waals surface area contributed by atoms with Gasteiger partial charge in [0.1, 0.15) is 0 Å². The molecule has 10 radical (unpaired) electrons. The zero-order valence-electron chi connectivity index (χ0n) is 17.1. The van der Waals surface area contributed by atoms with Crippen molar-refractivity contribution in [1.29, 1.82) is 0 Å². The summed E-state index contributed by atoms with van der Waals surface area (Å²) in [4.78, 5) is 0. The average Bonchev–Trinajstić information content (AvgIpc) is 3.43. The Morgan fingerprint density at radius 2 is 1.03 bits per heavy atom. The number of rotatable bonds is 4. The third-order valence-electron chi connectivity index (χ3n) is 4.74. The summed E-state index contributed by atoms with van der Waals surface area (Å²) in [5, 5.41) is 1.83. The van der Waals surface area contributed by atoms with E-state index in [4.69, 9.17) is 0 Å². The first kappa shape index (κ1) is 24.7. The van der Waals surface area contributed by atoms with Crippen LogP contribution in [0.2, 0.25) is 19.6 Å². The van der Waals surface area contributed by atoms with Gasteiger partial charge in [0.15, 0.2) is 7.14 Å². The van der Waals surface area contributed by atoms with Crippen molar-refractivity contribution in [3.05, 3.63) is 123 Å². The Morgan fingerprint density at radius 1 is 0.621 bits per heavy atom. The van der Waals surface area contributed by atoms with Crippen LogP contribution in [-0.2, 0) is 21.6 Å². The minimum absolute atomic E-state index is 0. The fourth-order valence-electron chi connectivity index (χ4n) is 3.34. The van der Waals surface area contributed by atoms with E-state index in [0.717, 1.165) is 16.3 Å². The Balaban J connectivity index is 0.000000437. The molecule has 2 aromatic carbocycles. The minimum Gasteiger partial charge on any atom is -0.313 e. The smallest absolute Gasteiger partial charge is 0.313 e. The van der Waals surface area contributed by atoms with Crippen molar-refractivity contribution in [2.75, 3.05) is 0 Å². The molecule has 148 valence electrons. The third-order valence-corrected chi connectivity index (χ3v) is 10.1. The van der Waals surface area contributed by atoms with Gasteiger partial charge in [0, 0.05) is 10.6 Å². The van der Waals surface area contributed by atoms with Gasteiger partial charge in [-0.05, 0) is 56.9 Å². The van der Waals surface area contributed by atoms with Crippen LogP contribution in [0.5, 0.6) is 0 Å². The van der Waals surface area contributed by atoms with Gasteiger partial charge in [-0.15, -0.1) is 0 Å². The molecule has 29 heavy (non-hydrogen) atoms. The Kier molecular flexibility index (Phi) is 9.48. The van der Waals surface area contributed by atoms with Crippen molar-refractivity contribution in [1.82, 2.24) is 0 Å². The van der Waals surface area contributed by atoms with Crippen molar-refractivity contribution in [2.45, 2.75) is 19.6 Å². The fraction of sp³-hybridized carbons (Fsp3) is 0.120. The second-order valence-electron chi connectivity index (χ2n) is 7.82. The molecule has 4 rings (SSSR count). The van der Waals surface area contributed by atoms with E-state index in [0.29, 0.717) is 0 Å². The Hall–Kier alpha value is -0.594. The second kappa shape index (κ2) is 11.1. The molecule has 0 unspecified atom stereocenters. The second-order valence-corrected chi connectivity index (χ2v) is 15.6. The molecule has 0 atom stereocenters. The van der Waals surface area contributed by atoms with Gasteiger partial charge in [0.05, 0.1) is 13.7 Å². The van der Waals surface area contributed by atoms with E-state index < -0.39 is 15.2 Å². The maximum absolute atomic E-state index is 14.4. The number of benzene rings is 2. The van der Waals surface area contributed by atoms with E-state index >= 15 is 0 Å². The van der Waals surface area contributed by atoms with Gasteiger partial charge >= 0.3 is 17.1 Å². The average molecular weight is 458 g/mol. The molecule has 2 saturated carbocycles. The van der Waals surface area contributed by atoms with Crippen molar-refractivity contribution in [3.8, 4) is 0 Å². The summed E-state index contributed by atoms with van der Waals surface area (Å²) < 4.78 is 14.4. The molecule has 0 N–H and O–H groups in total. The molecule has 0 aliphatic heterocycles. The van der Waals surface area contributed by atoms with E-state index in [9.17, 15) is 4.57 Å². The van der Waals surface area contributed by atoms with E-state index in [1.54, 1.807) is 0 Å². The standard InChI is InChI=1S/C20H22OPSi.C5H5.Fe/c1-23(2,3)20-16-10-15-19(20)22(21,17-11-6-4-7-12-17)18-13-8-5-9-14-18;1-2-4-5-3-1;/h4-16H,1-3H3;1-5H;/q;;+2. The Morgan fingerprint density at radius 3 is 1.41 bits per heavy atom. The maximum Gasteiger partial charge on any atom is 2.00 e. The van der Waals surface area contributed by atoms with Gasteiger partial charge in [0.25, 0.3) is 0 Å². The predicted molar refractivity (Wildman–Crippen MR) is 124 cm³/mol. The summed E-state index contributed by atoms with van der Waals surface area (Å²) in [5.41, 5.74) is 2.32. The molecular weight excluding hydrogens is 431 g/mol. The van der Waals surface area contributed by atoms with Crippen molar-refractivity contribution in [3.63, 3.8) is 0 Å². The molecule has 0 aromatic heterocycles. The molecule has 2 aliphatic carbocycles. The van der Waals surface area contributed by atoms with Crippen LogP contribution in [0.25, 0.3) is 0 Å². The Labute approximate surface area is 189 Å². The largest absolute Gasteiger partial charge is 2.00 e. The zero-order chi connectivity index (χ0) is 20.0. The molecule has 4 heteroatoms. The van der Waals surface area contributed by atoms with Crippen LogP contribution in [0.1, 0.15) is 0 Å². The quantitative estimate of drug-likeness (QED) is 0.429. The van der Waals surface area contributed by atoms with E-state index in [1.807, 2.05) is 92.8 Å². The molecule has 0 bridgehead atoms. The molecule has 1 nitrogen and oxygen atoms in total. The van der Waals surface area contributed by atoms with Gasteiger partial charge in [-0.25, -0.2) is 0 Å². The van der Waals surface area contributed by atoms with Crippen LogP contribution in [0.3, 0.4) is 0 Å². The topological polar surface area (TPSA) is 17.1 Å². The summed E-state index contributed by atoms with van der Waals surface area (Å²) in [6.07, 6.45) is 16.3. The van der Waals surface area contributed by atoms with Crippen LogP contribution in [0.4, 0.5) is 0 Å². The summed E-state index contributed by atoms with van der Waals surface area (Å²) in [6, 6.07) is 19.8. The van der Waals surface area contributed by atoms with E-state index in [1.165, 1.54) is 5.54 Å². The van der Waals surface area contributed by atoms with Gasteiger partial charge in [-0.2, -0.15) is 0 Å². The van der Waals surface area contributed by atoms with Crippen molar-refractivity contribution >= 4 is 25.8 Å². The molecular formula is C25H27FeOPSi+2. The van der Waals surface area contributed by atoms with Crippen LogP contribution in [0, 0.1) is 62.6 Å². The van der Waals surface area contributed by atoms with Crippen LogP contribution in [-0.4, -0.2) is 8.07 Å². The fourth-order valence-corrected chi connectivity index (χ4v) is 9.02. The van der Waals surface area contributed by atoms with E-state index in [-0.39, 0.29) is 17.1 Å². The molecule has 0 saturated heterocycles. The van der Waals surface area contributed by atoms with Gasteiger partial charge in [-0.3, -0.25) is 0 Å². The SMILES string of the molecule is C[Si](C)(C)[C]1[CH][CH][CH][C]1P(=O)(c1ccccc1)c1ccccc1.[CH]1[CH][CH][CH][CH]1.[Fe+2]. The molecule has 0 spiro atoms. The third kappa shape index (κ3) is 5.98. The van der Waals surface area contributed by atoms with E-state index in [2.05, 4.69) is 38.9 Å². The monoisotopic (exact) mass is 458 g/mol. The zero-order valence-corrected chi connectivity index (χ0v) is 20.1. The first-order valence-electron chi connectivity index (χ1n) is 9.59. The molecule has 2 fully saturated rings. The van der Waals surface area contributed by atoms with Gasteiger partial charge < -0.3 is 4.57 Å².